The first-order valence-corrected chi connectivity index (χ1v) is 7.85. The highest BCUT2D eigenvalue weighted by Gasteiger charge is 2.52. The van der Waals surface area contributed by atoms with E-state index in [-0.39, 0.29) is 18.3 Å². The predicted octanol–water partition coefficient (Wildman–Crippen LogP) is 2.66. The molecule has 5 heteroatoms. The lowest BCUT2D eigenvalue weighted by atomic mass is 9.71. The maximum absolute atomic E-state index is 6.21. The van der Waals surface area contributed by atoms with Crippen LogP contribution < -0.4 is 11.2 Å². The van der Waals surface area contributed by atoms with E-state index in [0.29, 0.717) is 6.54 Å². The van der Waals surface area contributed by atoms with E-state index in [1.165, 1.54) is 0 Å². The van der Waals surface area contributed by atoms with Crippen LogP contribution in [0.5, 0.6) is 0 Å². The van der Waals surface area contributed by atoms with Crippen molar-refractivity contribution in [3.05, 3.63) is 22.3 Å². The molecule has 0 atom stereocenters. The lowest BCUT2D eigenvalue weighted by Crippen LogP contribution is -2.41. The van der Waals surface area contributed by atoms with Gasteiger partial charge in [0.25, 0.3) is 0 Å². The van der Waals surface area contributed by atoms with Gasteiger partial charge < -0.3 is 15.0 Å². The van der Waals surface area contributed by atoms with E-state index in [2.05, 4.69) is 61.1 Å². The summed E-state index contributed by atoms with van der Waals surface area (Å²) in [6, 6.07) is 0. The van der Waals surface area contributed by atoms with Gasteiger partial charge in [-0.05, 0) is 76.2 Å². The Labute approximate surface area is 134 Å². The fourth-order valence-electron chi connectivity index (χ4n) is 2.90. The van der Waals surface area contributed by atoms with E-state index >= 15 is 0 Å². The zero-order valence-electron chi connectivity index (χ0n) is 14.1. The molecule has 1 aliphatic rings. The molecule has 0 unspecified atom stereocenters. The standard InChI is InChI=1S/C16H26BNO2S/c1-9-12(8-18)10(2)14(21)11(3)13(9)17-19-15(4,5)16(6,7)20-17/h21H,8,18H2,1-7H3. The Bertz CT molecular complexity index is 568. The first kappa shape index (κ1) is 16.9. The van der Waals surface area contributed by atoms with Crippen molar-refractivity contribution in [2.75, 3.05) is 0 Å². The third-order valence-corrected chi connectivity index (χ3v) is 5.79. The second-order valence-corrected chi connectivity index (χ2v) is 7.36. The van der Waals surface area contributed by atoms with Crippen LogP contribution >= 0.6 is 12.6 Å². The second kappa shape index (κ2) is 5.30. The van der Waals surface area contributed by atoms with Crippen molar-refractivity contribution in [2.45, 2.75) is 71.1 Å². The Balaban J connectivity index is 2.59. The van der Waals surface area contributed by atoms with E-state index < -0.39 is 0 Å². The van der Waals surface area contributed by atoms with Crippen molar-refractivity contribution in [2.24, 2.45) is 5.73 Å². The molecule has 0 amide bonds. The fraction of sp³-hybridized carbons (Fsp3) is 0.625. The van der Waals surface area contributed by atoms with E-state index in [9.17, 15) is 0 Å². The number of thiol groups is 1. The molecule has 0 aliphatic carbocycles. The first-order chi connectivity index (χ1) is 9.53. The molecule has 1 aromatic rings. The smallest absolute Gasteiger partial charge is 0.399 e. The monoisotopic (exact) mass is 307 g/mol. The Morgan fingerprint density at radius 3 is 1.86 bits per heavy atom. The number of hydrogen-bond acceptors (Lipinski definition) is 4. The number of hydrogen-bond donors (Lipinski definition) is 2. The Morgan fingerprint density at radius 1 is 0.952 bits per heavy atom. The van der Waals surface area contributed by atoms with Crippen LogP contribution in [-0.2, 0) is 15.9 Å². The largest absolute Gasteiger partial charge is 0.495 e. The maximum atomic E-state index is 6.21. The van der Waals surface area contributed by atoms with Crippen LogP contribution in [0.4, 0.5) is 0 Å². The molecule has 0 bridgehead atoms. The van der Waals surface area contributed by atoms with Gasteiger partial charge in [0.05, 0.1) is 11.2 Å². The lowest BCUT2D eigenvalue weighted by Gasteiger charge is -2.32. The number of rotatable bonds is 2. The molecule has 1 saturated heterocycles. The molecule has 1 heterocycles. The van der Waals surface area contributed by atoms with Gasteiger partial charge in [-0.1, -0.05) is 0 Å². The minimum atomic E-state index is -0.369. The van der Waals surface area contributed by atoms with Crippen LogP contribution in [0.1, 0.15) is 49.9 Å². The van der Waals surface area contributed by atoms with Crippen LogP contribution in [-0.4, -0.2) is 18.3 Å². The molecule has 0 radical (unpaired) electrons. The van der Waals surface area contributed by atoms with Gasteiger partial charge in [-0.3, -0.25) is 0 Å². The third-order valence-electron chi connectivity index (χ3n) is 5.12. The van der Waals surface area contributed by atoms with Crippen LogP contribution in [0, 0.1) is 20.8 Å². The SMILES string of the molecule is Cc1c(S)c(C)c(B2OC(C)(C)C(C)(C)O2)c(C)c1CN. The Morgan fingerprint density at radius 2 is 1.43 bits per heavy atom. The van der Waals surface area contributed by atoms with Crippen molar-refractivity contribution in [1.29, 1.82) is 0 Å². The van der Waals surface area contributed by atoms with Gasteiger partial charge in [-0.2, -0.15) is 0 Å². The van der Waals surface area contributed by atoms with Gasteiger partial charge in [-0.25, -0.2) is 0 Å². The fourth-order valence-corrected chi connectivity index (χ4v) is 3.15. The van der Waals surface area contributed by atoms with E-state index in [1.54, 1.807) is 0 Å². The topological polar surface area (TPSA) is 44.5 Å². The van der Waals surface area contributed by atoms with E-state index in [4.69, 9.17) is 15.0 Å². The highest BCUT2D eigenvalue weighted by molar-refractivity contribution is 7.80. The molecule has 1 fully saturated rings. The summed E-state index contributed by atoms with van der Waals surface area (Å²) in [5.74, 6) is 0. The Kier molecular flexibility index (Phi) is 4.26. The molecule has 0 aromatic heterocycles. The van der Waals surface area contributed by atoms with Gasteiger partial charge in [0, 0.05) is 11.4 Å². The lowest BCUT2D eigenvalue weighted by molar-refractivity contribution is 0.00578. The molecule has 116 valence electrons. The predicted molar refractivity (Wildman–Crippen MR) is 91.5 cm³/mol. The summed E-state index contributed by atoms with van der Waals surface area (Å²) >= 11 is 4.66. The molecule has 2 N–H and O–H groups in total. The van der Waals surface area contributed by atoms with Crippen LogP contribution in [0.15, 0.2) is 4.90 Å². The average Bonchev–Trinajstić information content (AvgIpc) is 2.56. The molecule has 1 aromatic carbocycles. The van der Waals surface area contributed by atoms with Gasteiger partial charge >= 0.3 is 7.12 Å². The summed E-state index contributed by atoms with van der Waals surface area (Å²) < 4.78 is 12.4. The highest BCUT2D eigenvalue weighted by Crippen LogP contribution is 2.37. The molecule has 0 saturated carbocycles. The molecule has 3 nitrogen and oxygen atoms in total. The summed E-state index contributed by atoms with van der Waals surface area (Å²) in [4.78, 5) is 0.978. The highest BCUT2D eigenvalue weighted by atomic mass is 32.1. The van der Waals surface area contributed by atoms with E-state index in [1.807, 2.05) is 0 Å². The van der Waals surface area contributed by atoms with Crippen LogP contribution in [0.25, 0.3) is 0 Å². The summed E-state index contributed by atoms with van der Waals surface area (Å²) in [7, 11) is -0.369. The summed E-state index contributed by atoms with van der Waals surface area (Å²) in [6.45, 7) is 15.0. The van der Waals surface area contributed by atoms with Gasteiger partial charge in [0.1, 0.15) is 0 Å². The van der Waals surface area contributed by atoms with Crippen molar-refractivity contribution >= 4 is 25.2 Å². The summed E-state index contributed by atoms with van der Waals surface area (Å²) in [6.07, 6.45) is 0. The molecular weight excluding hydrogens is 281 g/mol. The summed E-state index contributed by atoms with van der Waals surface area (Å²) in [5, 5.41) is 0. The normalized spacial score (nSPS) is 20.1. The van der Waals surface area contributed by atoms with Gasteiger partial charge in [0.15, 0.2) is 0 Å². The van der Waals surface area contributed by atoms with Crippen molar-refractivity contribution in [1.82, 2.24) is 0 Å². The maximum Gasteiger partial charge on any atom is 0.495 e. The minimum absolute atomic E-state index is 0.346. The average molecular weight is 307 g/mol. The van der Waals surface area contributed by atoms with Crippen molar-refractivity contribution in [3.63, 3.8) is 0 Å². The minimum Gasteiger partial charge on any atom is -0.399 e. The molecule has 2 rings (SSSR count). The van der Waals surface area contributed by atoms with Crippen LogP contribution in [0.3, 0.4) is 0 Å². The second-order valence-electron chi connectivity index (χ2n) is 6.91. The van der Waals surface area contributed by atoms with Crippen LogP contribution in [0.2, 0.25) is 0 Å². The molecule has 1 aliphatic heterocycles. The third kappa shape index (κ3) is 2.54. The molecule has 0 spiro atoms. The Hall–Kier alpha value is -0.485. The van der Waals surface area contributed by atoms with E-state index in [0.717, 1.165) is 32.6 Å². The molecular formula is C16H26BNO2S. The quantitative estimate of drug-likeness (QED) is 0.652. The van der Waals surface area contributed by atoms with Crippen molar-refractivity contribution in [3.8, 4) is 0 Å². The zero-order valence-corrected chi connectivity index (χ0v) is 15.0. The first-order valence-electron chi connectivity index (χ1n) is 7.40. The zero-order chi connectivity index (χ0) is 16.2. The molecule has 21 heavy (non-hydrogen) atoms. The van der Waals surface area contributed by atoms with Gasteiger partial charge in [0.2, 0.25) is 0 Å². The van der Waals surface area contributed by atoms with Gasteiger partial charge in [-0.15, -0.1) is 12.6 Å². The number of nitrogens with two attached hydrogens (primary N) is 1. The summed E-state index contributed by atoms with van der Waals surface area (Å²) in [5.41, 5.74) is 10.9. The van der Waals surface area contributed by atoms with Crippen molar-refractivity contribution < 1.29 is 9.31 Å². The number of benzene rings is 1.